The molecule has 2 atom stereocenters. The summed E-state index contributed by atoms with van der Waals surface area (Å²) in [6.07, 6.45) is 1.05. The Balaban J connectivity index is 1.35. The maximum absolute atomic E-state index is 13.8. The lowest BCUT2D eigenvalue weighted by Crippen LogP contribution is -2.32. The molecule has 0 radical (unpaired) electrons. The van der Waals surface area contributed by atoms with E-state index in [1.807, 2.05) is 24.3 Å². The van der Waals surface area contributed by atoms with Crippen molar-refractivity contribution in [2.45, 2.75) is 52.6 Å². The van der Waals surface area contributed by atoms with Crippen molar-refractivity contribution in [3.8, 4) is 11.5 Å². The molecule has 0 spiro atoms. The van der Waals surface area contributed by atoms with Crippen molar-refractivity contribution in [2.24, 2.45) is 20.5 Å². The first-order valence-corrected chi connectivity index (χ1v) is 22.9. The first-order valence-electron chi connectivity index (χ1n) is 21.1. The zero-order valence-electron chi connectivity index (χ0n) is 37.2. The number of aryl methyl sites for hydroxylation is 2. The number of hydrogen-bond donors (Lipinski definition) is 4. The second-order valence-electron chi connectivity index (χ2n) is 14.5. The van der Waals surface area contributed by atoms with Gasteiger partial charge in [-0.2, -0.15) is 20.5 Å². The number of anilines is 4. The average Bonchev–Trinajstić information content (AvgIpc) is 3.30. The van der Waals surface area contributed by atoms with Gasteiger partial charge in [-0.1, -0.05) is 71.7 Å². The smallest absolute Gasteiger partial charge is 0.259 e. The number of alkyl halides is 2. The third kappa shape index (κ3) is 13.7. The summed E-state index contributed by atoms with van der Waals surface area (Å²) >= 11 is 25.1. The van der Waals surface area contributed by atoms with Crippen molar-refractivity contribution in [3.63, 3.8) is 0 Å². The normalized spacial score (nSPS) is 12.0. The molecule has 0 aliphatic rings. The van der Waals surface area contributed by atoms with Crippen molar-refractivity contribution < 1.29 is 38.2 Å². The van der Waals surface area contributed by atoms with Crippen LogP contribution in [0.15, 0.2) is 118 Å². The highest BCUT2D eigenvalue weighted by Gasteiger charge is 2.29. The van der Waals surface area contributed by atoms with Gasteiger partial charge in [-0.25, -0.2) is 0 Å². The van der Waals surface area contributed by atoms with Crippen molar-refractivity contribution >= 4 is 116 Å². The van der Waals surface area contributed by atoms with Gasteiger partial charge in [0.25, 0.3) is 23.6 Å². The second kappa shape index (κ2) is 25.4. The van der Waals surface area contributed by atoms with Gasteiger partial charge in [0.05, 0.1) is 34.4 Å². The molecule has 4 amide bonds. The molecule has 5 aromatic rings. The van der Waals surface area contributed by atoms with E-state index >= 15 is 0 Å². The molecule has 0 fully saturated rings. The van der Waals surface area contributed by atoms with E-state index in [-0.39, 0.29) is 68.6 Å². The number of nitrogens with one attached hydrogen (secondary N) is 4. The second-order valence-corrected chi connectivity index (χ2v) is 16.0. The number of Topliss-reactive ketones (excluding diaryl/α,β-unsaturated/α-hetero) is 2. The zero-order valence-corrected chi connectivity index (χ0v) is 40.2. The molecule has 4 N–H and O–H groups in total. The topological polar surface area (TPSA) is 218 Å². The van der Waals surface area contributed by atoms with Crippen molar-refractivity contribution in [3.05, 3.63) is 129 Å². The summed E-state index contributed by atoms with van der Waals surface area (Å²) in [5.41, 5.74) is 3.02. The summed E-state index contributed by atoms with van der Waals surface area (Å²) in [4.78, 5) is 79.7. The number of amides is 4. The molecule has 0 bridgehead atoms. The van der Waals surface area contributed by atoms with Crippen LogP contribution in [-0.2, 0) is 32.0 Å². The molecule has 5 aromatic carbocycles. The van der Waals surface area contributed by atoms with Crippen molar-refractivity contribution in [2.75, 3.05) is 46.2 Å². The van der Waals surface area contributed by atoms with E-state index in [1.165, 1.54) is 48.5 Å². The Labute approximate surface area is 412 Å². The minimum Gasteiger partial charge on any atom is -0.491 e. The van der Waals surface area contributed by atoms with E-state index in [4.69, 9.17) is 55.9 Å². The first-order chi connectivity index (χ1) is 32.7. The van der Waals surface area contributed by atoms with Gasteiger partial charge in [0.15, 0.2) is 11.6 Å². The third-order valence-electron chi connectivity index (χ3n) is 9.71. The van der Waals surface area contributed by atoms with Crippen molar-refractivity contribution in [1.82, 2.24) is 0 Å². The lowest BCUT2D eigenvalue weighted by Gasteiger charge is -2.19. The quantitative estimate of drug-likeness (QED) is 0.0296. The van der Waals surface area contributed by atoms with E-state index in [9.17, 15) is 28.8 Å². The van der Waals surface area contributed by atoms with E-state index in [1.54, 1.807) is 38.1 Å². The number of carbonyl (C=O) groups is 6. The van der Waals surface area contributed by atoms with Crippen molar-refractivity contribution in [1.29, 1.82) is 0 Å². The lowest BCUT2D eigenvalue weighted by atomic mass is 10.1. The van der Waals surface area contributed by atoms with Crippen LogP contribution < -0.4 is 30.7 Å². The number of ketones is 2. The minimum atomic E-state index is -1.70. The summed E-state index contributed by atoms with van der Waals surface area (Å²) in [6, 6.07) is 22.7. The number of para-hydroxylation sites is 2. The molecule has 0 saturated heterocycles. The van der Waals surface area contributed by atoms with E-state index < -0.39 is 47.3 Å². The number of halogens is 4. The SMILES string of the molecule is CCOc1cc(NC(=O)C(N=Nc2cccc(C(=O)Nc3ccccc3CCCl)c2Cl)C(C)=O)cc(OCC)c1NC(=O)C(N=Nc1cccc(C(=O)Nc2ccccc2CCCl)c1Cl)C(C)=O. The molecule has 20 heteroatoms. The predicted molar refractivity (Wildman–Crippen MR) is 265 cm³/mol. The Morgan fingerprint density at radius 2 is 0.971 bits per heavy atom. The van der Waals surface area contributed by atoms with E-state index in [2.05, 4.69) is 41.7 Å². The minimum absolute atomic E-state index is 0.00630. The standard InChI is InChI=1S/C48H46Cl4N8O8/c1-5-67-38-25-31(53-47(65)42(27(3)61)59-57-36-19-11-15-32(40(36)51)45(63)54-34-17-9-7-13-29(34)21-23-49)26-39(68-6-2)44(38)56-48(66)43(28(4)62)60-58-37-20-12-16-33(41(37)52)46(64)55-35-18-10-8-14-30(35)22-24-50/h7-20,25-26,42-43H,5-6,21-24H2,1-4H3,(H,53,65)(H,54,63)(H,55,64)(H,56,66). The lowest BCUT2D eigenvalue weighted by molar-refractivity contribution is -0.127. The molecular weight excluding hydrogens is 958 g/mol. The van der Waals surface area contributed by atoms with Gasteiger partial charge < -0.3 is 30.7 Å². The van der Waals surface area contributed by atoms with Gasteiger partial charge >= 0.3 is 0 Å². The Hall–Kier alpha value is -6.72. The Bertz CT molecular complexity index is 2730. The largest absolute Gasteiger partial charge is 0.491 e. The first kappa shape index (κ1) is 52.3. The van der Waals surface area contributed by atoms with Crippen LogP contribution in [0, 0.1) is 0 Å². The Kier molecular flexibility index (Phi) is 19.5. The number of benzene rings is 5. The molecule has 5 rings (SSSR count). The van der Waals surface area contributed by atoms with Gasteiger partial charge in [0, 0.05) is 41.0 Å². The van der Waals surface area contributed by atoms with E-state index in [0.29, 0.717) is 36.0 Å². The monoisotopic (exact) mass is 1000 g/mol. The number of nitrogens with zero attached hydrogens (tertiary/aromatic N) is 4. The maximum Gasteiger partial charge on any atom is 0.259 e. The predicted octanol–water partition coefficient (Wildman–Crippen LogP) is 11.2. The zero-order chi connectivity index (χ0) is 49.3. The van der Waals surface area contributed by atoms with Crippen LogP contribution in [0.2, 0.25) is 10.0 Å². The van der Waals surface area contributed by atoms with Crippen LogP contribution in [0.25, 0.3) is 0 Å². The molecule has 0 heterocycles. The fourth-order valence-corrected chi connectivity index (χ4v) is 7.36. The number of hydrogen-bond acceptors (Lipinski definition) is 12. The average molecular weight is 1000 g/mol. The number of ether oxygens (including phenoxy) is 2. The Morgan fingerprint density at radius 3 is 1.37 bits per heavy atom. The highest BCUT2D eigenvalue weighted by atomic mass is 35.5. The highest BCUT2D eigenvalue weighted by molar-refractivity contribution is 6.37. The van der Waals surface area contributed by atoms with Crippen LogP contribution in [0.4, 0.5) is 34.1 Å². The highest BCUT2D eigenvalue weighted by Crippen LogP contribution is 2.39. The summed E-state index contributed by atoms with van der Waals surface area (Å²) in [5.74, 6) is -3.49. The molecule has 0 saturated carbocycles. The molecule has 68 heavy (non-hydrogen) atoms. The molecule has 0 aromatic heterocycles. The summed E-state index contributed by atoms with van der Waals surface area (Å²) in [6.45, 7) is 5.83. The van der Waals surface area contributed by atoms with Crippen LogP contribution in [0.3, 0.4) is 0 Å². The van der Waals surface area contributed by atoms with Gasteiger partial charge in [-0.15, -0.1) is 23.2 Å². The summed E-state index contributed by atoms with van der Waals surface area (Å²) < 4.78 is 11.7. The van der Waals surface area contributed by atoms with Gasteiger partial charge in [0.2, 0.25) is 12.1 Å². The number of azo groups is 2. The molecular formula is C48H46Cl4N8O8. The molecule has 16 nitrogen and oxygen atoms in total. The fraction of sp³-hybridized carbons (Fsp3) is 0.250. The number of carbonyl (C=O) groups excluding carboxylic acids is 6. The van der Waals surface area contributed by atoms with E-state index in [0.717, 1.165) is 25.0 Å². The van der Waals surface area contributed by atoms with Gasteiger partial charge in [-0.3, -0.25) is 28.8 Å². The summed E-state index contributed by atoms with van der Waals surface area (Å²) in [7, 11) is 0. The van der Waals surface area contributed by atoms with Crippen LogP contribution in [-0.4, -0.2) is 72.3 Å². The molecule has 2 unspecified atom stereocenters. The van der Waals surface area contributed by atoms with Crippen LogP contribution in [0.5, 0.6) is 11.5 Å². The van der Waals surface area contributed by atoms with Crippen LogP contribution >= 0.6 is 46.4 Å². The van der Waals surface area contributed by atoms with Crippen LogP contribution in [0.1, 0.15) is 59.5 Å². The van der Waals surface area contributed by atoms with Gasteiger partial charge in [0.1, 0.15) is 28.6 Å². The molecule has 354 valence electrons. The molecule has 0 aliphatic heterocycles. The molecule has 0 aliphatic carbocycles. The Morgan fingerprint density at radius 1 is 0.559 bits per heavy atom. The number of rotatable bonds is 22. The maximum atomic E-state index is 13.8. The fourth-order valence-electron chi connectivity index (χ4n) is 6.45. The summed E-state index contributed by atoms with van der Waals surface area (Å²) in [5, 5.41) is 26.9. The third-order valence-corrected chi connectivity index (χ3v) is 10.9. The van der Waals surface area contributed by atoms with Gasteiger partial charge in [-0.05, 0) is 88.1 Å².